The Labute approximate surface area is 129 Å². The van der Waals surface area contributed by atoms with Crippen LogP contribution in [0, 0.1) is 5.92 Å². The van der Waals surface area contributed by atoms with Gasteiger partial charge in [0.05, 0.1) is 17.1 Å². The molecule has 3 rings (SSSR count). The minimum atomic E-state index is 0.396. The van der Waals surface area contributed by atoms with E-state index in [9.17, 15) is 0 Å². The number of aromatic nitrogens is 2. The molecule has 1 aliphatic rings. The monoisotopic (exact) mass is 306 g/mol. The van der Waals surface area contributed by atoms with Crippen molar-refractivity contribution in [1.29, 1.82) is 0 Å². The standard InChI is InChI=1S/C15H19ClN4O/c1-20(13(8-17)10-6-7-10)9-14-18-15(21-19-14)11-4-2-3-5-12(11)16/h2-5,10,13H,6-9,17H2,1H3. The zero-order valence-electron chi connectivity index (χ0n) is 12.0. The number of hydrogen-bond acceptors (Lipinski definition) is 5. The van der Waals surface area contributed by atoms with Crippen LogP contribution in [0.5, 0.6) is 0 Å². The summed E-state index contributed by atoms with van der Waals surface area (Å²) < 4.78 is 5.32. The fourth-order valence-electron chi connectivity index (χ4n) is 2.62. The van der Waals surface area contributed by atoms with E-state index in [1.165, 1.54) is 12.8 Å². The van der Waals surface area contributed by atoms with Gasteiger partial charge in [0, 0.05) is 12.6 Å². The molecule has 112 valence electrons. The van der Waals surface area contributed by atoms with Gasteiger partial charge in [-0.1, -0.05) is 28.9 Å². The van der Waals surface area contributed by atoms with E-state index in [1.54, 1.807) is 0 Å². The Hall–Kier alpha value is -1.43. The molecule has 0 aliphatic heterocycles. The van der Waals surface area contributed by atoms with E-state index < -0.39 is 0 Å². The second kappa shape index (κ2) is 6.13. The minimum Gasteiger partial charge on any atom is -0.334 e. The summed E-state index contributed by atoms with van der Waals surface area (Å²) in [5, 5.41) is 4.65. The third-order valence-electron chi connectivity index (χ3n) is 3.94. The summed E-state index contributed by atoms with van der Waals surface area (Å²) in [6, 6.07) is 7.85. The number of nitrogens with zero attached hydrogens (tertiary/aromatic N) is 3. The van der Waals surface area contributed by atoms with E-state index in [2.05, 4.69) is 22.1 Å². The molecule has 1 atom stereocenters. The van der Waals surface area contributed by atoms with Gasteiger partial charge >= 0.3 is 0 Å². The molecule has 5 nitrogen and oxygen atoms in total. The molecule has 6 heteroatoms. The zero-order chi connectivity index (χ0) is 14.8. The van der Waals surface area contributed by atoms with Gasteiger partial charge in [0.1, 0.15) is 0 Å². The van der Waals surface area contributed by atoms with Crippen LogP contribution in [0.2, 0.25) is 5.02 Å². The van der Waals surface area contributed by atoms with E-state index in [-0.39, 0.29) is 0 Å². The van der Waals surface area contributed by atoms with Crippen LogP contribution in [0.4, 0.5) is 0 Å². The normalized spacial score (nSPS) is 16.4. The van der Waals surface area contributed by atoms with Gasteiger partial charge in [-0.3, -0.25) is 4.90 Å². The average Bonchev–Trinajstić information content (AvgIpc) is 3.19. The molecule has 2 aromatic rings. The fourth-order valence-corrected chi connectivity index (χ4v) is 2.83. The lowest BCUT2D eigenvalue weighted by atomic mass is 10.1. The molecule has 0 saturated heterocycles. The van der Waals surface area contributed by atoms with Gasteiger partial charge < -0.3 is 10.3 Å². The van der Waals surface area contributed by atoms with E-state index in [0.717, 1.165) is 11.5 Å². The molecule has 1 unspecified atom stereocenters. The Morgan fingerprint density at radius 3 is 2.86 bits per heavy atom. The van der Waals surface area contributed by atoms with E-state index >= 15 is 0 Å². The maximum absolute atomic E-state index is 6.14. The smallest absolute Gasteiger partial charge is 0.259 e. The quantitative estimate of drug-likeness (QED) is 0.888. The van der Waals surface area contributed by atoms with Crippen molar-refractivity contribution in [3.63, 3.8) is 0 Å². The van der Waals surface area contributed by atoms with Gasteiger partial charge in [-0.25, -0.2) is 0 Å². The molecular formula is C15H19ClN4O. The first-order chi connectivity index (χ1) is 10.2. The number of nitrogens with two attached hydrogens (primary N) is 1. The Morgan fingerprint density at radius 1 is 1.43 bits per heavy atom. The van der Waals surface area contributed by atoms with Crippen LogP contribution in [0.25, 0.3) is 11.5 Å². The lowest BCUT2D eigenvalue weighted by molar-refractivity contribution is 0.208. The topological polar surface area (TPSA) is 68.2 Å². The summed E-state index contributed by atoms with van der Waals surface area (Å²) in [4.78, 5) is 6.64. The van der Waals surface area contributed by atoms with Crippen LogP contribution in [0.15, 0.2) is 28.8 Å². The highest BCUT2D eigenvalue weighted by molar-refractivity contribution is 6.33. The summed E-state index contributed by atoms with van der Waals surface area (Å²) in [7, 11) is 2.06. The first-order valence-electron chi connectivity index (χ1n) is 7.17. The molecule has 0 bridgehead atoms. The van der Waals surface area contributed by atoms with E-state index in [0.29, 0.717) is 35.9 Å². The molecule has 1 heterocycles. The molecule has 1 fully saturated rings. The van der Waals surface area contributed by atoms with Crippen molar-refractivity contribution >= 4 is 11.6 Å². The Bertz CT molecular complexity index is 611. The van der Waals surface area contributed by atoms with Gasteiger partial charge in [-0.15, -0.1) is 0 Å². The van der Waals surface area contributed by atoms with Crippen molar-refractivity contribution < 1.29 is 4.52 Å². The Kier molecular flexibility index (Phi) is 4.24. The molecule has 2 N–H and O–H groups in total. The lowest BCUT2D eigenvalue weighted by Gasteiger charge is -2.25. The molecule has 0 radical (unpaired) electrons. The molecule has 1 aliphatic carbocycles. The van der Waals surface area contributed by atoms with Crippen molar-refractivity contribution in [3.8, 4) is 11.5 Å². The van der Waals surface area contributed by atoms with Crippen molar-refractivity contribution in [2.45, 2.75) is 25.4 Å². The predicted molar refractivity (Wildman–Crippen MR) is 81.8 cm³/mol. The highest BCUT2D eigenvalue weighted by Gasteiger charge is 2.33. The van der Waals surface area contributed by atoms with Crippen molar-refractivity contribution in [2.24, 2.45) is 11.7 Å². The molecule has 1 aromatic carbocycles. The molecule has 1 saturated carbocycles. The van der Waals surface area contributed by atoms with Gasteiger partial charge in [0.15, 0.2) is 5.82 Å². The first kappa shape index (κ1) is 14.5. The van der Waals surface area contributed by atoms with E-state index in [1.807, 2.05) is 24.3 Å². The first-order valence-corrected chi connectivity index (χ1v) is 7.54. The number of likely N-dealkylation sites (N-methyl/N-ethyl adjacent to an activating group) is 1. The Balaban J connectivity index is 1.72. The lowest BCUT2D eigenvalue weighted by Crippen LogP contribution is -2.39. The fraction of sp³-hybridized carbons (Fsp3) is 0.467. The van der Waals surface area contributed by atoms with Crippen LogP contribution < -0.4 is 5.73 Å². The summed E-state index contributed by atoms with van der Waals surface area (Å²) in [6.07, 6.45) is 2.53. The molecule has 0 spiro atoms. The molecule has 21 heavy (non-hydrogen) atoms. The molecule has 0 amide bonds. The van der Waals surface area contributed by atoms with Crippen molar-refractivity contribution in [1.82, 2.24) is 15.0 Å². The third kappa shape index (κ3) is 3.26. The number of halogens is 1. The second-order valence-corrected chi connectivity index (χ2v) is 5.96. The maximum atomic E-state index is 6.14. The maximum Gasteiger partial charge on any atom is 0.259 e. The van der Waals surface area contributed by atoms with Gasteiger partial charge in [0.25, 0.3) is 5.89 Å². The minimum absolute atomic E-state index is 0.396. The third-order valence-corrected chi connectivity index (χ3v) is 4.27. The second-order valence-electron chi connectivity index (χ2n) is 5.55. The van der Waals surface area contributed by atoms with Gasteiger partial charge in [0.2, 0.25) is 0 Å². The number of rotatable bonds is 6. The molecule has 1 aromatic heterocycles. The van der Waals surface area contributed by atoms with Crippen LogP contribution >= 0.6 is 11.6 Å². The van der Waals surface area contributed by atoms with Crippen LogP contribution in [-0.4, -0.2) is 34.7 Å². The van der Waals surface area contributed by atoms with Crippen molar-refractivity contribution in [3.05, 3.63) is 35.1 Å². The average molecular weight is 307 g/mol. The van der Waals surface area contributed by atoms with E-state index in [4.69, 9.17) is 21.9 Å². The van der Waals surface area contributed by atoms with Crippen LogP contribution in [0.3, 0.4) is 0 Å². The summed E-state index contributed by atoms with van der Waals surface area (Å²) in [6.45, 7) is 1.29. The highest BCUT2D eigenvalue weighted by atomic mass is 35.5. The number of hydrogen-bond donors (Lipinski definition) is 1. The van der Waals surface area contributed by atoms with Gasteiger partial charge in [-0.05, 0) is 37.9 Å². The summed E-state index contributed by atoms with van der Waals surface area (Å²) in [5.41, 5.74) is 6.62. The van der Waals surface area contributed by atoms with Crippen molar-refractivity contribution in [2.75, 3.05) is 13.6 Å². The van der Waals surface area contributed by atoms with Crippen LogP contribution in [0.1, 0.15) is 18.7 Å². The number of benzene rings is 1. The van der Waals surface area contributed by atoms with Crippen LogP contribution in [-0.2, 0) is 6.54 Å². The SMILES string of the molecule is CN(Cc1noc(-c2ccccc2Cl)n1)C(CN)C1CC1. The molecular weight excluding hydrogens is 288 g/mol. The predicted octanol–water partition coefficient (Wildman–Crippen LogP) is 2.56. The summed E-state index contributed by atoms with van der Waals surface area (Å²) >= 11 is 6.14. The summed E-state index contributed by atoms with van der Waals surface area (Å²) in [5.74, 6) is 1.83. The zero-order valence-corrected chi connectivity index (χ0v) is 12.8. The Morgan fingerprint density at radius 2 is 2.19 bits per heavy atom. The van der Waals surface area contributed by atoms with Gasteiger partial charge in [-0.2, -0.15) is 4.98 Å². The largest absolute Gasteiger partial charge is 0.334 e. The highest BCUT2D eigenvalue weighted by Crippen LogP contribution is 2.35.